The van der Waals surface area contributed by atoms with Gasteiger partial charge in [0.25, 0.3) is 0 Å². The summed E-state index contributed by atoms with van der Waals surface area (Å²) in [6.45, 7) is 16.2. The Morgan fingerprint density at radius 3 is 2.21 bits per heavy atom. The predicted molar refractivity (Wildman–Crippen MR) is 80.4 cm³/mol. The molecule has 19 heavy (non-hydrogen) atoms. The lowest BCUT2D eigenvalue weighted by Gasteiger charge is -2.39. The maximum Gasteiger partial charge on any atom is 0.0110 e. The molecule has 110 valence electrons. The van der Waals surface area contributed by atoms with E-state index in [9.17, 15) is 0 Å². The molecule has 1 saturated carbocycles. The molecule has 0 radical (unpaired) electrons. The molecule has 0 amide bonds. The normalized spacial score (nSPS) is 37.6. The topological polar surface area (TPSA) is 9.72 Å². The van der Waals surface area contributed by atoms with Crippen molar-refractivity contribution in [1.29, 1.82) is 0 Å². The molecule has 0 aromatic rings. The van der Waals surface area contributed by atoms with Crippen LogP contribution in [0.5, 0.6) is 0 Å². The Bertz CT molecular complexity index is 296. The molecule has 3 fully saturated rings. The van der Waals surface area contributed by atoms with Crippen LogP contribution in [0.4, 0.5) is 0 Å². The lowest BCUT2D eigenvalue weighted by molar-refractivity contribution is 0.0853. The number of likely N-dealkylation sites (tertiary alicyclic amines) is 1. The first-order chi connectivity index (χ1) is 9.17. The summed E-state index contributed by atoms with van der Waals surface area (Å²) in [6.07, 6.45) is 2.95. The van der Waals surface area contributed by atoms with Crippen LogP contribution in [-0.2, 0) is 0 Å². The van der Waals surface area contributed by atoms with Crippen molar-refractivity contribution < 1.29 is 0 Å². The summed E-state index contributed by atoms with van der Waals surface area (Å²) < 4.78 is 0. The van der Waals surface area contributed by atoms with E-state index in [1.54, 1.807) is 0 Å². The van der Waals surface area contributed by atoms with Gasteiger partial charge < -0.3 is 9.80 Å². The number of fused-ring (bicyclic) bond motifs is 2. The zero-order valence-corrected chi connectivity index (χ0v) is 13.0. The van der Waals surface area contributed by atoms with Gasteiger partial charge in [-0.2, -0.15) is 0 Å². The van der Waals surface area contributed by atoms with Crippen molar-refractivity contribution in [2.75, 3.05) is 45.8 Å². The third kappa shape index (κ3) is 2.84. The van der Waals surface area contributed by atoms with Gasteiger partial charge in [0.1, 0.15) is 0 Å². The van der Waals surface area contributed by atoms with Gasteiger partial charge in [-0.15, -0.1) is 0 Å². The maximum atomic E-state index is 2.75. The number of hydrogen-bond acceptors (Lipinski definition) is 3. The Hall–Kier alpha value is -0.120. The second-order valence-corrected chi connectivity index (χ2v) is 7.17. The van der Waals surface area contributed by atoms with E-state index in [0.717, 1.165) is 23.9 Å². The molecule has 0 spiro atoms. The van der Waals surface area contributed by atoms with Crippen LogP contribution in [0.2, 0.25) is 0 Å². The molecule has 0 aromatic carbocycles. The summed E-state index contributed by atoms with van der Waals surface area (Å²) in [6, 6.07) is 1.66. The van der Waals surface area contributed by atoms with Crippen molar-refractivity contribution in [3.63, 3.8) is 0 Å². The second-order valence-electron chi connectivity index (χ2n) is 7.17. The van der Waals surface area contributed by atoms with Gasteiger partial charge in [-0.05, 0) is 45.1 Å². The third-order valence-corrected chi connectivity index (χ3v) is 5.80. The zero-order chi connectivity index (χ0) is 13.4. The highest BCUT2D eigenvalue weighted by molar-refractivity contribution is 4.99. The van der Waals surface area contributed by atoms with Gasteiger partial charge in [0.05, 0.1) is 0 Å². The van der Waals surface area contributed by atoms with Crippen LogP contribution in [0.25, 0.3) is 0 Å². The van der Waals surface area contributed by atoms with Crippen LogP contribution < -0.4 is 0 Å². The van der Waals surface area contributed by atoms with Crippen molar-refractivity contribution in [2.45, 2.75) is 45.7 Å². The zero-order valence-electron chi connectivity index (χ0n) is 13.0. The highest BCUT2D eigenvalue weighted by atomic mass is 15.3. The number of likely N-dealkylation sites (N-methyl/N-ethyl adjacent to an activating group) is 1. The minimum atomic E-state index is 0.754. The first kappa shape index (κ1) is 13.8. The van der Waals surface area contributed by atoms with Gasteiger partial charge in [0.15, 0.2) is 0 Å². The standard InChI is InChI=1S/C16H31N3/c1-4-17-5-7-18(8-6-17)11-14-9-16-10-15(14)12-19(16)13(2)3/h13-16H,4-12H2,1-3H3/t14-,15+,16-/m1/s1. The quantitative estimate of drug-likeness (QED) is 0.767. The second kappa shape index (κ2) is 5.71. The van der Waals surface area contributed by atoms with E-state index in [4.69, 9.17) is 0 Å². The van der Waals surface area contributed by atoms with Crippen LogP contribution in [0.3, 0.4) is 0 Å². The summed E-state index contributed by atoms with van der Waals surface area (Å²) in [5, 5.41) is 0. The fourth-order valence-electron chi connectivity index (χ4n) is 4.57. The van der Waals surface area contributed by atoms with E-state index in [0.29, 0.717) is 0 Å². The summed E-state index contributed by atoms with van der Waals surface area (Å²) in [7, 11) is 0. The van der Waals surface area contributed by atoms with E-state index in [-0.39, 0.29) is 0 Å². The first-order valence-corrected chi connectivity index (χ1v) is 8.37. The Balaban J connectivity index is 1.46. The van der Waals surface area contributed by atoms with Crippen LogP contribution in [0, 0.1) is 11.8 Å². The van der Waals surface area contributed by atoms with E-state index in [1.165, 1.54) is 58.7 Å². The van der Waals surface area contributed by atoms with E-state index >= 15 is 0 Å². The highest BCUT2D eigenvalue weighted by Crippen LogP contribution is 2.43. The fraction of sp³-hybridized carbons (Fsp3) is 1.00. The molecule has 3 rings (SSSR count). The molecule has 3 heteroatoms. The first-order valence-electron chi connectivity index (χ1n) is 8.37. The molecule has 0 N–H and O–H groups in total. The average molecular weight is 265 g/mol. The Kier molecular flexibility index (Phi) is 4.16. The summed E-state index contributed by atoms with van der Waals surface area (Å²) in [5.74, 6) is 1.99. The predicted octanol–water partition coefficient (Wildman–Crippen LogP) is 1.74. The lowest BCUT2D eigenvalue weighted by Crippen LogP contribution is -2.49. The summed E-state index contributed by atoms with van der Waals surface area (Å²) in [4.78, 5) is 8.06. The van der Waals surface area contributed by atoms with E-state index in [1.807, 2.05) is 0 Å². The van der Waals surface area contributed by atoms with Gasteiger partial charge >= 0.3 is 0 Å². The van der Waals surface area contributed by atoms with Crippen molar-refractivity contribution in [3.05, 3.63) is 0 Å². The van der Waals surface area contributed by atoms with Gasteiger partial charge in [0.2, 0.25) is 0 Å². The van der Waals surface area contributed by atoms with Crippen molar-refractivity contribution in [2.24, 2.45) is 11.8 Å². The minimum absolute atomic E-state index is 0.754. The number of nitrogens with zero attached hydrogens (tertiary/aromatic N) is 3. The molecule has 2 bridgehead atoms. The van der Waals surface area contributed by atoms with Gasteiger partial charge in [-0.3, -0.25) is 4.90 Å². The van der Waals surface area contributed by atoms with E-state index < -0.39 is 0 Å². The minimum Gasteiger partial charge on any atom is -0.301 e. The highest BCUT2D eigenvalue weighted by Gasteiger charge is 2.45. The van der Waals surface area contributed by atoms with E-state index in [2.05, 4.69) is 35.5 Å². The molecule has 0 aromatic heterocycles. The maximum absolute atomic E-state index is 2.75. The third-order valence-electron chi connectivity index (χ3n) is 5.80. The van der Waals surface area contributed by atoms with Crippen molar-refractivity contribution in [1.82, 2.24) is 14.7 Å². The average Bonchev–Trinajstić information content (AvgIpc) is 2.99. The lowest BCUT2D eigenvalue weighted by atomic mass is 9.93. The molecular formula is C16H31N3. The van der Waals surface area contributed by atoms with Crippen LogP contribution >= 0.6 is 0 Å². The fourth-order valence-corrected chi connectivity index (χ4v) is 4.57. The summed E-state index contributed by atoms with van der Waals surface area (Å²) >= 11 is 0. The molecule has 2 aliphatic heterocycles. The molecule has 1 aliphatic carbocycles. The molecule has 3 atom stereocenters. The van der Waals surface area contributed by atoms with Gasteiger partial charge in [-0.1, -0.05) is 6.92 Å². The number of piperidine rings is 1. The number of piperazine rings is 1. The Labute approximate surface area is 118 Å². The molecule has 2 heterocycles. The van der Waals surface area contributed by atoms with Crippen molar-refractivity contribution >= 4 is 0 Å². The smallest absolute Gasteiger partial charge is 0.0110 e. The summed E-state index contributed by atoms with van der Waals surface area (Å²) in [5.41, 5.74) is 0. The van der Waals surface area contributed by atoms with Gasteiger partial charge in [0, 0.05) is 51.4 Å². The van der Waals surface area contributed by atoms with Crippen LogP contribution in [0.1, 0.15) is 33.6 Å². The molecule has 0 unspecified atom stereocenters. The Morgan fingerprint density at radius 2 is 1.68 bits per heavy atom. The molecule has 2 saturated heterocycles. The number of hydrogen-bond donors (Lipinski definition) is 0. The molecule has 3 nitrogen and oxygen atoms in total. The Morgan fingerprint density at radius 1 is 1.00 bits per heavy atom. The SMILES string of the molecule is CCN1CCN(C[C@H]2C[C@@H]3C[C@H]2CN3C(C)C)CC1. The van der Waals surface area contributed by atoms with Crippen LogP contribution in [-0.4, -0.2) is 72.6 Å². The number of rotatable bonds is 4. The van der Waals surface area contributed by atoms with Crippen molar-refractivity contribution in [3.8, 4) is 0 Å². The van der Waals surface area contributed by atoms with Crippen LogP contribution in [0.15, 0.2) is 0 Å². The molecular weight excluding hydrogens is 234 g/mol. The van der Waals surface area contributed by atoms with Gasteiger partial charge in [-0.25, -0.2) is 0 Å². The molecule has 3 aliphatic rings. The monoisotopic (exact) mass is 265 g/mol. The largest absolute Gasteiger partial charge is 0.301 e.